The number of hydrogen-bond acceptors (Lipinski definition) is 5. The van der Waals surface area contributed by atoms with Gasteiger partial charge in [-0.1, -0.05) is 36.8 Å². The molecule has 0 spiro atoms. The van der Waals surface area contributed by atoms with Gasteiger partial charge in [0, 0.05) is 17.8 Å². The fourth-order valence-corrected chi connectivity index (χ4v) is 4.89. The lowest BCUT2D eigenvalue weighted by atomic mass is 10.1. The van der Waals surface area contributed by atoms with E-state index in [4.69, 9.17) is 4.74 Å². The van der Waals surface area contributed by atoms with Crippen LogP contribution in [0.2, 0.25) is 0 Å². The summed E-state index contributed by atoms with van der Waals surface area (Å²) in [5.41, 5.74) is 5.94. The number of urea groups is 1. The number of nitrogens with one attached hydrogen (secondary N) is 2. The van der Waals surface area contributed by atoms with Gasteiger partial charge in [0.15, 0.2) is 0 Å². The Labute approximate surface area is 205 Å². The average Bonchev–Trinajstić information content (AvgIpc) is 3.28. The average molecular weight is 493 g/mol. The zero-order valence-corrected chi connectivity index (χ0v) is 20.7. The van der Waals surface area contributed by atoms with Gasteiger partial charge in [-0.2, -0.15) is 0 Å². The summed E-state index contributed by atoms with van der Waals surface area (Å²) < 4.78 is 34.3. The molecule has 0 radical (unpaired) electrons. The molecule has 0 bridgehead atoms. The molecule has 0 aliphatic carbocycles. The van der Waals surface area contributed by atoms with Gasteiger partial charge in [0.25, 0.3) is 10.0 Å². The molecule has 8 nitrogen and oxygen atoms in total. The molecule has 0 aliphatic rings. The number of ether oxygens (including phenoxy) is 1. The van der Waals surface area contributed by atoms with Gasteiger partial charge in [0.05, 0.1) is 23.0 Å². The molecule has 0 aliphatic heterocycles. The van der Waals surface area contributed by atoms with E-state index in [0.29, 0.717) is 13.0 Å². The molecule has 4 rings (SSSR count). The second-order valence-corrected chi connectivity index (χ2v) is 9.86. The zero-order valence-electron chi connectivity index (χ0n) is 19.9. The van der Waals surface area contributed by atoms with Crippen LogP contribution in [0.1, 0.15) is 23.6 Å². The number of fused-ring (bicyclic) bond motifs is 1. The number of hydrogen-bond donors (Lipinski definition) is 2. The molecular weight excluding hydrogens is 464 g/mol. The highest BCUT2D eigenvalue weighted by atomic mass is 32.2. The van der Waals surface area contributed by atoms with Crippen molar-refractivity contribution >= 4 is 27.1 Å². The van der Waals surface area contributed by atoms with Crippen molar-refractivity contribution in [1.29, 1.82) is 0 Å². The number of benzene rings is 3. The van der Waals surface area contributed by atoms with Gasteiger partial charge in [-0.05, 0) is 61.7 Å². The van der Waals surface area contributed by atoms with Crippen molar-refractivity contribution in [3.8, 4) is 11.4 Å². The lowest BCUT2D eigenvalue weighted by molar-refractivity contribution is 0.246. The van der Waals surface area contributed by atoms with Crippen LogP contribution < -0.4 is 14.8 Å². The Kier molecular flexibility index (Phi) is 7.07. The Morgan fingerprint density at radius 3 is 2.40 bits per heavy atom. The smallest absolute Gasteiger partial charge is 0.328 e. The molecule has 3 aromatic carbocycles. The maximum Gasteiger partial charge on any atom is 0.328 e. The SMILES string of the molecule is CCc1c(OC)ccc2ncn(-c3ccc(CCNC(=O)NS(=O)(=O)c4ccc(C)cc4)cc3)c12. The highest BCUT2D eigenvalue weighted by Gasteiger charge is 2.17. The first-order valence-electron chi connectivity index (χ1n) is 11.3. The van der Waals surface area contributed by atoms with Gasteiger partial charge < -0.3 is 10.1 Å². The maximum atomic E-state index is 12.3. The van der Waals surface area contributed by atoms with Gasteiger partial charge in [-0.25, -0.2) is 22.9 Å². The highest BCUT2D eigenvalue weighted by molar-refractivity contribution is 7.90. The molecule has 35 heavy (non-hydrogen) atoms. The topological polar surface area (TPSA) is 102 Å². The van der Waals surface area contributed by atoms with E-state index < -0.39 is 16.1 Å². The molecule has 4 aromatic rings. The Hall–Kier alpha value is -3.85. The monoisotopic (exact) mass is 492 g/mol. The van der Waals surface area contributed by atoms with E-state index in [9.17, 15) is 13.2 Å². The van der Waals surface area contributed by atoms with Crippen LogP contribution in [-0.2, 0) is 22.9 Å². The first-order chi connectivity index (χ1) is 16.8. The third kappa shape index (κ3) is 5.30. The van der Waals surface area contributed by atoms with Gasteiger partial charge in [0.1, 0.15) is 12.1 Å². The van der Waals surface area contributed by atoms with Crippen LogP contribution in [0.5, 0.6) is 5.75 Å². The molecular formula is C26H28N4O4S. The predicted molar refractivity (Wildman–Crippen MR) is 136 cm³/mol. The fourth-order valence-electron chi connectivity index (χ4n) is 3.96. The number of nitrogens with zero attached hydrogens (tertiary/aromatic N) is 2. The number of methoxy groups -OCH3 is 1. The largest absolute Gasteiger partial charge is 0.496 e. The molecule has 1 heterocycles. The van der Waals surface area contributed by atoms with Crippen LogP contribution in [0, 0.1) is 6.92 Å². The highest BCUT2D eigenvalue weighted by Crippen LogP contribution is 2.30. The molecule has 0 unspecified atom stereocenters. The molecule has 2 amide bonds. The van der Waals surface area contributed by atoms with Crippen molar-refractivity contribution in [2.75, 3.05) is 13.7 Å². The van der Waals surface area contributed by atoms with Crippen molar-refractivity contribution in [2.45, 2.75) is 31.6 Å². The van der Waals surface area contributed by atoms with E-state index in [-0.39, 0.29) is 4.90 Å². The number of amides is 2. The Bertz CT molecular complexity index is 1440. The second-order valence-electron chi connectivity index (χ2n) is 8.17. The van der Waals surface area contributed by atoms with Crippen molar-refractivity contribution in [2.24, 2.45) is 0 Å². The summed E-state index contributed by atoms with van der Waals surface area (Å²) in [5, 5.41) is 2.60. The molecule has 0 saturated carbocycles. The van der Waals surface area contributed by atoms with Crippen molar-refractivity contribution in [3.05, 3.63) is 83.7 Å². The molecule has 2 N–H and O–H groups in total. The van der Waals surface area contributed by atoms with E-state index in [2.05, 4.69) is 17.2 Å². The van der Waals surface area contributed by atoms with Crippen LogP contribution in [0.25, 0.3) is 16.7 Å². The number of carbonyl (C=O) groups excluding carboxylic acids is 1. The van der Waals surface area contributed by atoms with E-state index in [1.54, 1.807) is 25.6 Å². The van der Waals surface area contributed by atoms with E-state index in [0.717, 1.165) is 45.6 Å². The van der Waals surface area contributed by atoms with Crippen LogP contribution in [-0.4, -0.2) is 37.7 Å². The summed E-state index contributed by atoms with van der Waals surface area (Å²) in [6, 6.07) is 17.4. The summed E-state index contributed by atoms with van der Waals surface area (Å²) in [6.45, 7) is 4.24. The minimum Gasteiger partial charge on any atom is -0.496 e. The zero-order chi connectivity index (χ0) is 25.0. The number of imidazole rings is 1. The minimum absolute atomic E-state index is 0.0460. The van der Waals surface area contributed by atoms with Crippen molar-refractivity contribution in [1.82, 2.24) is 19.6 Å². The predicted octanol–water partition coefficient (Wildman–Crippen LogP) is 4.14. The first-order valence-corrected chi connectivity index (χ1v) is 12.8. The Balaban J connectivity index is 1.39. The molecule has 0 atom stereocenters. The van der Waals surface area contributed by atoms with Crippen LogP contribution >= 0.6 is 0 Å². The molecule has 0 saturated heterocycles. The quantitative estimate of drug-likeness (QED) is 0.385. The number of sulfonamides is 1. The van der Waals surface area contributed by atoms with Gasteiger partial charge in [-0.15, -0.1) is 0 Å². The van der Waals surface area contributed by atoms with E-state index in [1.165, 1.54) is 12.1 Å². The summed E-state index contributed by atoms with van der Waals surface area (Å²) in [6.07, 6.45) is 3.17. The van der Waals surface area contributed by atoms with Crippen LogP contribution in [0.15, 0.2) is 71.9 Å². The molecule has 182 valence electrons. The molecule has 0 fully saturated rings. The third-order valence-electron chi connectivity index (χ3n) is 5.82. The normalized spacial score (nSPS) is 11.4. The Morgan fingerprint density at radius 2 is 1.74 bits per heavy atom. The van der Waals surface area contributed by atoms with Crippen LogP contribution in [0.3, 0.4) is 0 Å². The van der Waals surface area contributed by atoms with E-state index >= 15 is 0 Å². The van der Waals surface area contributed by atoms with Crippen LogP contribution in [0.4, 0.5) is 4.79 Å². The number of aromatic nitrogens is 2. The molecule has 9 heteroatoms. The Morgan fingerprint density at radius 1 is 1.03 bits per heavy atom. The van der Waals surface area contributed by atoms with Gasteiger partial charge >= 0.3 is 6.03 Å². The lowest BCUT2D eigenvalue weighted by Gasteiger charge is -2.12. The van der Waals surface area contributed by atoms with Crippen molar-refractivity contribution < 1.29 is 17.9 Å². The lowest BCUT2D eigenvalue weighted by Crippen LogP contribution is -2.40. The number of rotatable bonds is 8. The number of carbonyl (C=O) groups is 1. The maximum absolute atomic E-state index is 12.3. The second kappa shape index (κ2) is 10.2. The summed E-state index contributed by atoms with van der Waals surface area (Å²) in [4.78, 5) is 16.7. The standard InChI is InChI=1S/C26H28N4O4S/c1-4-22-24(34-3)14-13-23-25(22)30(17-28-23)20-9-7-19(8-10-20)15-16-27-26(31)29-35(32,33)21-11-5-18(2)6-12-21/h5-14,17H,4,15-16H2,1-3H3,(H2,27,29,31). The molecule has 1 aromatic heterocycles. The first kappa shape index (κ1) is 24.3. The van der Waals surface area contributed by atoms with Gasteiger partial charge in [-0.3, -0.25) is 4.57 Å². The van der Waals surface area contributed by atoms with E-state index in [1.807, 2.05) is 52.6 Å². The summed E-state index contributed by atoms with van der Waals surface area (Å²) in [5.74, 6) is 0.840. The van der Waals surface area contributed by atoms with Crippen molar-refractivity contribution in [3.63, 3.8) is 0 Å². The third-order valence-corrected chi connectivity index (χ3v) is 7.16. The fraction of sp³-hybridized carbons (Fsp3) is 0.231. The summed E-state index contributed by atoms with van der Waals surface area (Å²) >= 11 is 0. The summed E-state index contributed by atoms with van der Waals surface area (Å²) in [7, 11) is -2.24. The minimum atomic E-state index is -3.91. The van der Waals surface area contributed by atoms with Gasteiger partial charge in [0.2, 0.25) is 0 Å². The number of aryl methyl sites for hydroxylation is 2.